The zero-order valence-electron chi connectivity index (χ0n) is 22.0. The first-order valence-electron chi connectivity index (χ1n) is 13.4. The van der Waals surface area contributed by atoms with E-state index in [9.17, 15) is 0 Å². The minimum absolute atomic E-state index is 0. The van der Waals surface area contributed by atoms with E-state index >= 15 is 0 Å². The van der Waals surface area contributed by atoms with Crippen molar-refractivity contribution in [3.8, 4) is 11.1 Å². The SMILES string of the molecule is C1=C(c2ccccc2)C=[C]([Zr+2](=[C](c2ccccc2)c2ccccc2)[CH]2c3ccccc3-c3ccccc32)C1.[Cl-].[Cl-]. The molecule has 5 aromatic rings. The summed E-state index contributed by atoms with van der Waals surface area (Å²) in [5, 5.41) is 0. The van der Waals surface area contributed by atoms with E-state index in [1.165, 1.54) is 44.5 Å². The van der Waals surface area contributed by atoms with Crippen molar-refractivity contribution in [1.82, 2.24) is 0 Å². The Balaban J connectivity index is 0.00000161. The Morgan fingerprint density at radius 1 is 0.525 bits per heavy atom. The third-order valence-electron chi connectivity index (χ3n) is 7.84. The molecule has 0 saturated heterocycles. The number of benzene rings is 5. The summed E-state index contributed by atoms with van der Waals surface area (Å²) in [6.45, 7) is 0. The number of rotatable bonds is 5. The van der Waals surface area contributed by atoms with Crippen LogP contribution in [0, 0.1) is 0 Å². The molecule has 0 unspecified atom stereocenters. The fraction of sp³-hybridized carbons (Fsp3) is 0.0541. The molecule has 0 bridgehead atoms. The van der Waals surface area contributed by atoms with Gasteiger partial charge in [0.2, 0.25) is 0 Å². The fourth-order valence-electron chi connectivity index (χ4n) is 6.19. The summed E-state index contributed by atoms with van der Waals surface area (Å²) in [4.78, 5) is 0. The zero-order chi connectivity index (χ0) is 25.3. The Morgan fingerprint density at radius 3 is 1.50 bits per heavy atom. The molecular formula is C37H28Cl2Zr. The first-order chi connectivity index (χ1) is 18.9. The molecule has 0 aromatic heterocycles. The largest absolute Gasteiger partial charge is 1.00 e. The summed E-state index contributed by atoms with van der Waals surface area (Å²) < 4.78 is 3.71. The van der Waals surface area contributed by atoms with E-state index in [0.717, 1.165) is 6.42 Å². The van der Waals surface area contributed by atoms with Gasteiger partial charge in [0, 0.05) is 0 Å². The first-order valence-corrected chi connectivity index (χ1v) is 17.3. The van der Waals surface area contributed by atoms with Gasteiger partial charge in [-0.15, -0.1) is 0 Å². The van der Waals surface area contributed by atoms with Crippen LogP contribution in [0.3, 0.4) is 0 Å². The first kappa shape index (κ1) is 28.4. The van der Waals surface area contributed by atoms with Gasteiger partial charge in [0.25, 0.3) is 0 Å². The van der Waals surface area contributed by atoms with E-state index < -0.39 is 21.3 Å². The van der Waals surface area contributed by atoms with Crippen LogP contribution in [-0.4, -0.2) is 3.21 Å². The minimum atomic E-state index is -2.66. The quantitative estimate of drug-likeness (QED) is 0.279. The number of hydrogen-bond donors (Lipinski definition) is 0. The van der Waals surface area contributed by atoms with Crippen molar-refractivity contribution >= 4 is 8.78 Å². The summed E-state index contributed by atoms with van der Waals surface area (Å²) in [5.74, 6) is 0. The normalized spacial score (nSPS) is 13.0. The van der Waals surface area contributed by atoms with Crippen LogP contribution in [0.1, 0.15) is 37.9 Å². The molecule has 0 aliphatic heterocycles. The summed E-state index contributed by atoms with van der Waals surface area (Å²) in [6, 6.07) is 51.6. The molecule has 5 aromatic carbocycles. The molecule has 0 saturated carbocycles. The van der Waals surface area contributed by atoms with Crippen molar-refractivity contribution < 1.29 is 46.1 Å². The monoisotopic (exact) mass is 632 g/mol. The number of halogens is 2. The summed E-state index contributed by atoms with van der Waals surface area (Å²) in [6.07, 6.45) is 6.06. The molecule has 0 heterocycles. The molecule has 2 aliphatic rings. The number of fused-ring (bicyclic) bond motifs is 3. The fourth-order valence-corrected chi connectivity index (χ4v) is 15.3. The van der Waals surface area contributed by atoms with Crippen LogP contribution in [-0.2, 0) is 21.3 Å². The average Bonchev–Trinajstić information content (AvgIpc) is 3.61. The second-order valence-electron chi connectivity index (χ2n) is 10.0. The van der Waals surface area contributed by atoms with Gasteiger partial charge in [-0.3, -0.25) is 0 Å². The summed E-state index contributed by atoms with van der Waals surface area (Å²) >= 11 is -2.66. The van der Waals surface area contributed by atoms with E-state index in [-0.39, 0.29) is 24.8 Å². The third kappa shape index (κ3) is 5.20. The van der Waals surface area contributed by atoms with Crippen LogP contribution in [0.5, 0.6) is 0 Å². The van der Waals surface area contributed by atoms with Gasteiger partial charge in [0.05, 0.1) is 0 Å². The van der Waals surface area contributed by atoms with Gasteiger partial charge in [0.15, 0.2) is 0 Å². The predicted molar refractivity (Wildman–Crippen MR) is 157 cm³/mol. The number of hydrogen-bond acceptors (Lipinski definition) is 0. The minimum Gasteiger partial charge on any atom is -1.00 e. The van der Waals surface area contributed by atoms with E-state index in [2.05, 4.69) is 152 Å². The Labute approximate surface area is 257 Å². The third-order valence-corrected chi connectivity index (χ3v) is 16.1. The second kappa shape index (κ2) is 12.6. The number of allylic oxidation sites excluding steroid dienone is 4. The Kier molecular flexibility index (Phi) is 8.97. The Bertz CT molecular complexity index is 1630. The smallest absolute Gasteiger partial charge is 1.00 e. The Morgan fingerprint density at radius 2 is 0.975 bits per heavy atom. The molecule has 0 radical (unpaired) electrons. The summed E-state index contributed by atoms with van der Waals surface area (Å²) in [5.41, 5.74) is 11.3. The van der Waals surface area contributed by atoms with Crippen molar-refractivity contribution in [2.24, 2.45) is 0 Å². The molecule has 0 nitrogen and oxygen atoms in total. The van der Waals surface area contributed by atoms with Crippen LogP contribution < -0.4 is 24.8 Å². The molecule has 40 heavy (non-hydrogen) atoms. The van der Waals surface area contributed by atoms with Crippen LogP contribution in [0.4, 0.5) is 0 Å². The standard InChI is InChI=1S/C13H9.C13H10.C11H9.2ClH.Zr/c1-3-7-12-10(5-1)9-11-6-2-4-8-13(11)12;1-3-7-12(8-4-1)11-13-9-5-2-6-10-13;1-2-6-10(7-3-1)11-8-4-5-9-11;;;/h1-9H;1-10H;1-3,6-9H,4H2;2*1H;/q;;;;;+2/p-2. The van der Waals surface area contributed by atoms with Crippen molar-refractivity contribution in [1.29, 1.82) is 0 Å². The molecule has 0 spiro atoms. The molecule has 0 N–H and O–H groups in total. The molecule has 0 atom stereocenters. The molecule has 0 fully saturated rings. The molecule has 3 heteroatoms. The van der Waals surface area contributed by atoms with Gasteiger partial charge in [-0.1, -0.05) is 0 Å². The van der Waals surface area contributed by atoms with E-state index in [1.807, 2.05) is 0 Å². The van der Waals surface area contributed by atoms with Gasteiger partial charge in [-0.05, 0) is 0 Å². The Hall–Kier alpha value is -3.09. The maximum atomic E-state index is 2.56. The van der Waals surface area contributed by atoms with Crippen molar-refractivity contribution in [3.05, 3.63) is 183 Å². The molecule has 7 rings (SSSR count). The van der Waals surface area contributed by atoms with Crippen LogP contribution in [0.15, 0.2) is 155 Å². The van der Waals surface area contributed by atoms with E-state index in [0.29, 0.717) is 3.63 Å². The zero-order valence-corrected chi connectivity index (χ0v) is 25.9. The summed E-state index contributed by atoms with van der Waals surface area (Å²) in [7, 11) is 0. The topological polar surface area (TPSA) is 0 Å². The van der Waals surface area contributed by atoms with E-state index in [1.54, 1.807) is 6.49 Å². The molecule has 0 amide bonds. The van der Waals surface area contributed by atoms with Crippen molar-refractivity contribution in [2.45, 2.75) is 10.0 Å². The van der Waals surface area contributed by atoms with Crippen molar-refractivity contribution in [2.75, 3.05) is 0 Å². The van der Waals surface area contributed by atoms with Crippen molar-refractivity contribution in [3.63, 3.8) is 0 Å². The van der Waals surface area contributed by atoms with Crippen LogP contribution >= 0.6 is 0 Å². The molecule has 2 aliphatic carbocycles. The van der Waals surface area contributed by atoms with Crippen LogP contribution in [0.25, 0.3) is 16.7 Å². The average molecular weight is 635 g/mol. The van der Waals surface area contributed by atoms with Gasteiger partial charge in [-0.2, -0.15) is 0 Å². The predicted octanol–water partition coefficient (Wildman–Crippen LogP) is 3.02. The van der Waals surface area contributed by atoms with Gasteiger partial charge in [-0.25, -0.2) is 0 Å². The maximum absolute atomic E-state index is 2.66. The van der Waals surface area contributed by atoms with Crippen LogP contribution in [0.2, 0.25) is 0 Å². The van der Waals surface area contributed by atoms with Gasteiger partial charge < -0.3 is 24.8 Å². The van der Waals surface area contributed by atoms with Gasteiger partial charge >= 0.3 is 234 Å². The molecular weight excluding hydrogens is 607 g/mol. The van der Waals surface area contributed by atoms with E-state index in [4.69, 9.17) is 0 Å². The molecule has 194 valence electrons. The maximum Gasteiger partial charge on any atom is -1.00 e. The second-order valence-corrected chi connectivity index (χ2v) is 16.3. The van der Waals surface area contributed by atoms with Gasteiger partial charge in [0.1, 0.15) is 0 Å².